The second kappa shape index (κ2) is 8.10. The van der Waals surface area contributed by atoms with E-state index in [1.54, 1.807) is 6.08 Å². The number of aromatic nitrogens is 2. The third-order valence-corrected chi connectivity index (χ3v) is 4.52. The smallest absolute Gasteiger partial charge is 0.248 e. The molecule has 136 valence electrons. The highest BCUT2D eigenvalue weighted by atomic mass is 16.1. The molecule has 2 aromatic rings. The SMILES string of the molecule is Cc1nc(N2CCN(C)CC2)nc(C)c1NC(=O)/C=C/c1ccccc1. The minimum absolute atomic E-state index is 0.184. The van der Waals surface area contributed by atoms with Gasteiger partial charge in [0.1, 0.15) is 0 Å². The van der Waals surface area contributed by atoms with Gasteiger partial charge >= 0.3 is 0 Å². The molecule has 1 aromatic carbocycles. The first-order valence-electron chi connectivity index (χ1n) is 8.86. The van der Waals surface area contributed by atoms with Crippen LogP contribution in [0.3, 0.4) is 0 Å². The van der Waals surface area contributed by atoms with Gasteiger partial charge in [0.25, 0.3) is 0 Å². The van der Waals surface area contributed by atoms with Crippen LogP contribution in [-0.2, 0) is 4.79 Å². The van der Waals surface area contributed by atoms with Crippen LogP contribution < -0.4 is 10.2 Å². The van der Waals surface area contributed by atoms with E-state index in [-0.39, 0.29) is 5.91 Å². The van der Waals surface area contributed by atoms with Gasteiger partial charge in [0.2, 0.25) is 11.9 Å². The highest BCUT2D eigenvalue weighted by Gasteiger charge is 2.19. The number of carbonyl (C=O) groups excluding carboxylic acids is 1. The maximum Gasteiger partial charge on any atom is 0.248 e. The summed E-state index contributed by atoms with van der Waals surface area (Å²) >= 11 is 0. The molecule has 1 amide bonds. The Hall–Kier alpha value is -2.73. The topological polar surface area (TPSA) is 61.4 Å². The van der Waals surface area contributed by atoms with Crippen LogP contribution in [0.25, 0.3) is 6.08 Å². The molecular weight excluding hydrogens is 326 g/mol. The molecule has 0 saturated carbocycles. The zero-order chi connectivity index (χ0) is 18.5. The number of aryl methyl sites for hydroxylation is 2. The lowest BCUT2D eigenvalue weighted by molar-refractivity contribution is -0.111. The van der Waals surface area contributed by atoms with Gasteiger partial charge in [-0.1, -0.05) is 30.3 Å². The Morgan fingerprint density at radius 1 is 1.04 bits per heavy atom. The lowest BCUT2D eigenvalue weighted by Crippen LogP contribution is -2.45. The molecule has 0 atom stereocenters. The molecule has 0 bridgehead atoms. The molecule has 0 aliphatic carbocycles. The van der Waals surface area contributed by atoms with E-state index in [1.165, 1.54) is 6.08 Å². The zero-order valence-corrected chi connectivity index (χ0v) is 15.6. The largest absolute Gasteiger partial charge is 0.338 e. The molecular formula is C20H25N5O. The van der Waals surface area contributed by atoms with Gasteiger partial charge in [-0.15, -0.1) is 0 Å². The molecule has 0 spiro atoms. The number of nitrogens with one attached hydrogen (secondary N) is 1. The van der Waals surface area contributed by atoms with Crippen molar-refractivity contribution in [2.75, 3.05) is 43.4 Å². The summed E-state index contributed by atoms with van der Waals surface area (Å²) in [6.45, 7) is 7.66. The maximum atomic E-state index is 12.2. The average Bonchev–Trinajstić information content (AvgIpc) is 2.64. The molecule has 1 fully saturated rings. The number of amides is 1. The Balaban J connectivity index is 1.70. The predicted octanol–water partition coefficient (Wildman–Crippen LogP) is 2.50. The monoisotopic (exact) mass is 351 g/mol. The van der Waals surface area contributed by atoms with Gasteiger partial charge in [0, 0.05) is 32.3 Å². The van der Waals surface area contributed by atoms with Crippen LogP contribution >= 0.6 is 0 Å². The van der Waals surface area contributed by atoms with Crippen LogP contribution in [-0.4, -0.2) is 54.0 Å². The molecule has 26 heavy (non-hydrogen) atoms. The van der Waals surface area contributed by atoms with Gasteiger partial charge in [0.15, 0.2) is 0 Å². The van der Waals surface area contributed by atoms with Crippen LogP contribution in [0.5, 0.6) is 0 Å². The molecule has 6 nitrogen and oxygen atoms in total. The number of benzene rings is 1. The van der Waals surface area contributed by atoms with Gasteiger partial charge in [-0.05, 0) is 32.5 Å². The third kappa shape index (κ3) is 4.46. The van der Waals surface area contributed by atoms with E-state index in [9.17, 15) is 4.79 Å². The summed E-state index contributed by atoms with van der Waals surface area (Å²) in [5.41, 5.74) is 3.24. The fraction of sp³-hybridized carbons (Fsp3) is 0.350. The summed E-state index contributed by atoms with van der Waals surface area (Å²) in [4.78, 5) is 26.0. The van der Waals surface area contributed by atoms with E-state index in [0.717, 1.165) is 49.1 Å². The quantitative estimate of drug-likeness (QED) is 0.858. The number of hydrogen-bond donors (Lipinski definition) is 1. The molecule has 1 aliphatic rings. The van der Waals surface area contributed by atoms with Gasteiger partial charge in [-0.3, -0.25) is 4.79 Å². The first kappa shape index (κ1) is 18.1. The number of nitrogens with zero attached hydrogens (tertiary/aromatic N) is 4. The van der Waals surface area contributed by atoms with Crippen molar-refractivity contribution in [3.05, 3.63) is 53.4 Å². The van der Waals surface area contributed by atoms with E-state index in [2.05, 4.69) is 32.1 Å². The zero-order valence-electron chi connectivity index (χ0n) is 15.6. The average molecular weight is 351 g/mol. The lowest BCUT2D eigenvalue weighted by Gasteiger charge is -2.32. The lowest BCUT2D eigenvalue weighted by atomic mass is 10.2. The standard InChI is InChI=1S/C20H25N5O/c1-15-19(23-18(26)10-9-17-7-5-4-6-8-17)16(2)22-20(21-15)25-13-11-24(3)12-14-25/h4-10H,11-14H2,1-3H3,(H,23,26)/b10-9+. The predicted molar refractivity (Wildman–Crippen MR) is 105 cm³/mol. The summed E-state index contributed by atoms with van der Waals surface area (Å²) < 4.78 is 0. The molecule has 3 rings (SSSR count). The molecule has 1 saturated heterocycles. The fourth-order valence-corrected chi connectivity index (χ4v) is 2.93. The van der Waals surface area contributed by atoms with Crippen molar-refractivity contribution in [1.82, 2.24) is 14.9 Å². The Labute approximate surface area is 154 Å². The molecule has 1 aliphatic heterocycles. The van der Waals surface area contributed by atoms with Gasteiger partial charge in [-0.2, -0.15) is 0 Å². The first-order chi connectivity index (χ1) is 12.5. The Morgan fingerprint density at radius 3 is 2.27 bits per heavy atom. The van der Waals surface area contributed by atoms with Crippen molar-refractivity contribution >= 4 is 23.6 Å². The fourth-order valence-electron chi connectivity index (χ4n) is 2.93. The summed E-state index contributed by atoms with van der Waals surface area (Å²) in [6.07, 6.45) is 3.32. The number of carbonyl (C=O) groups is 1. The van der Waals surface area contributed by atoms with Crippen molar-refractivity contribution in [2.24, 2.45) is 0 Å². The van der Waals surface area contributed by atoms with Crippen molar-refractivity contribution in [1.29, 1.82) is 0 Å². The number of anilines is 2. The minimum atomic E-state index is -0.184. The third-order valence-electron chi connectivity index (χ3n) is 4.52. The van der Waals surface area contributed by atoms with E-state index >= 15 is 0 Å². The van der Waals surface area contributed by atoms with Crippen LogP contribution in [0, 0.1) is 13.8 Å². The number of hydrogen-bond acceptors (Lipinski definition) is 5. The highest BCUT2D eigenvalue weighted by Crippen LogP contribution is 2.21. The molecule has 0 unspecified atom stereocenters. The number of rotatable bonds is 4. The first-order valence-corrected chi connectivity index (χ1v) is 8.86. The van der Waals surface area contributed by atoms with Crippen molar-refractivity contribution in [2.45, 2.75) is 13.8 Å². The minimum Gasteiger partial charge on any atom is -0.338 e. The second-order valence-corrected chi connectivity index (χ2v) is 6.59. The highest BCUT2D eigenvalue weighted by molar-refractivity contribution is 6.02. The van der Waals surface area contributed by atoms with Crippen LogP contribution in [0.2, 0.25) is 0 Å². The van der Waals surface area contributed by atoms with E-state index in [4.69, 9.17) is 0 Å². The van der Waals surface area contributed by atoms with E-state index in [1.807, 2.05) is 44.2 Å². The van der Waals surface area contributed by atoms with E-state index < -0.39 is 0 Å². The van der Waals surface area contributed by atoms with Crippen molar-refractivity contribution in [3.8, 4) is 0 Å². The summed E-state index contributed by atoms with van der Waals surface area (Å²) in [6, 6.07) is 9.74. The van der Waals surface area contributed by atoms with Gasteiger partial charge < -0.3 is 15.1 Å². The number of likely N-dealkylation sites (N-methyl/N-ethyl adjacent to an activating group) is 1. The van der Waals surface area contributed by atoms with Crippen LogP contribution in [0.1, 0.15) is 17.0 Å². The Kier molecular flexibility index (Phi) is 5.63. The second-order valence-electron chi connectivity index (χ2n) is 6.59. The van der Waals surface area contributed by atoms with Crippen LogP contribution in [0.15, 0.2) is 36.4 Å². The molecule has 6 heteroatoms. The van der Waals surface area contributed by atoms with Crippen molar-refractivity contribution < 1.29 is 4.79 Å². The summed E-state index contributed by atoms with van der Waals surface area (Å²) in [5, 5.41) is 2.91. The van der Waals surface area contributed by atoms with Crippen molar-refractivity contribution in [3.63, 3.8) is 0 Å². The van der Waals surface area contributed by atoms with Gasteiger partial charge in [0.05, 0.1) is 17.1 Å². The normalized spacial score (nSPS) is 15.4. The Bertz CT molecular complexity index is 772. The maximum absolute atomic E-state index is 12.2. The molecule has 2 heterocycles. The van der Waals surface area contributed by atoms with E-state index in [0.29, 0.717) is 5.69 Å². The molecule has 1 N–H and O–H groups in total. The summed E-state index contributed by atoms with van der Waals surface area (Å²) in [7, 11) is 2.12. The molecule has 1 aromatic heterocycles. The van der Waals surface area contributed by atoms with Crippen LogP contribution in [0.4, 0.5) is 11.6 Å². The summed E-state index contributed by atoms with van der Waals surface area (Å²) in [5.74, 6) is 0.557. The molecule has 0 radical (unpaired) electrons. The number of piperazine rings is 1. The van der Waals surface area contributed by atoms with Gasteiger partial charge in [-0.25, -0.2) is 9.97 Å². The Morgan fingerprint density at radius 2 is 1.65 bits per heavy atom.